The van der Waals surface area contributed by atoms with Crippen LogP contribution in [0.2, 0.25) is 4.34 Å². The third-order valence-electron chi connectivity index (χ3n) is 2.97. The fourth-order valence-electron chi connectivity index (χ4n) is 2.02. The van der Waals surface area contributed by atoms with Gasteiger partial charge in [0.05, 0.1) is 16.4 Å². The maximum Gasteiger partial charge on any atom is 0.129 e. The van der Waals surface area contributed by atoms with Crippen molar-refractivity contribution in [1.82, 2.24) is 4.98 Å². The van der Waals surface area contributed by atoms with Crippen LogP contribution < -0.4 is 5.32 Å². The van der Waals surface area contributed by atoms with Crippen molar-refractivity contribution >= 4 is 39.7 Å². The van der Waals surface area contributed by atoms with Crippen LogP contribution in [0.15, 0.2) is 42.5 Å². The van der Waals surface area contributed by atoms with E-state index in [1.165, 1.54) is 10.3 Å². The summed E-state index contributed by atoms with van der Waals surface area (Å²) in [5.74, 6) is 0.934. The molecule has 0 saturated carbocycles. The van der Waals surface area contributed by atoms with E-state index in [1.54, 1.807) is 11.3 Å². The van der Waals surface area contributed by atoms with E-state index < -0.39 is 0 Å². The normalized spacial score (nSPS) is 10.8. The highest BCUT2D eigenvalue weighted by molar-refractivity contribution is 7.16. The van der Waals surface area contributed by atoms with Crippen LogP contribution in [0.5, 0.6) is 0 Å². The molecule has 0 atom stereocenters. The van der Waals surface area contributed by atoms with Crippen molar-refractivity contribution in [2.45, 2.75) is 13.5 Å². The molecule has 19 heavy (non-hydrogen) atoms. The van der Waals surface area contributed by atoms with Gasteiger partial charge in [0.15, 0.2) is 0 Å². The smallest absolute Gasteiger partial charge is 0.129 e. The number of benzene rings is 1. The number of aromatic nitrogens is 1. The maximum absolute atomic E-state index is 5.93. The Balaban J connectivity index is 1.86. The molecule has 0 unspecified atom stereocenters. The third kappa shape index (κ3) is 2.72. The summed E-state index contributed by atoms with van der Waals surface area (Å²) in [7, 11) is 0. The van der Waals surface area contributed by atoms with E-state index in [2.05, 4.69) is 29.4 Å². The summed E-state index contributed by atoms with van der Waals surface area (Å²) in [6.45, 7) is 2.83. The van der Waals surface area contributed by atoms with E-state index in [9.17, 15) is 0 Å². The number of para-hydroxylation sites is 1. The summed E-state index contributed by atoms with van der Waals surface area (Å²) in [5.41, 5.74) is 2.17. The molecule has 3 aromatic rings. The molecule has 0 fully saturated rings. The highest BCUT2D eigenvalue weighted by Gasteiger charge is 2.04. The molecule has 0 bridgehead atoms. The van der Waals surface area contributed by atoms with Crippen molar-refractivity contribution in [3.8, 4) is 0 Å². The molecule has 0 aliphatic heterocycles. The molecule has 2 nitrogen and oxygen atoms in total. The van der Waals surface area contributed by atoms with Crippen LogP contribution in [0.25, 0.3) is 10.9 Å². The summed E-state index contributed by atoms with van der Waals surface area (Å²) in [4.78, 5) is 5.86. The molecule has 3 rings (SSSR count). The van der Waals surface area contributed by atoms with Gasteiger partial charge in [0, 0.05) is 10.3 Å². The van der Waals surface area contributed by atoms with E-state index in [4.69, 9.17) is 11.6 Å². The Morgan fingerprint density at radius 1 is 1.21 bits per heavy atom. The van der Waals surface area contributed by atoms with Gasteiger partial charge in [-0.25, -0.2) is 4.98 Å². The molecule has 0 spiro atoms. The second-order valence-corrected chi connectivity index (χ2v) is 6.21. The van der Waals surface area contributed by atoms with Gasteiger partial charge >= 0.3 is 0 Å². The van der Waals surface area contributed by atoms with Crippen molar-refractivity contribution in [2.75, 3.05) is 5.32 Å². The van der Waals surface area contributed by atoms with Gasteiger partial charge in [-0.1, -0.05) is 29.8 Å². The van der Waals surface area contributed by atoms with Crippen LogP contribution in [0.1, 0.15) is 10.4 Å². The number of hydrogen-bond acceptors (Lipinski definition) is 3. The highest BCUT2D eigenvalue weighted by Crippen LogP contribution is 2.24. The van der Waals surface area contributed by atoms with E-state index in [-0.39, 0.29) is 0 Å². The third-order valence-corrected chi connectivity index (χ3v) is 4.20. The second-order valence-electron chi connectivity index (χ2n) is 4.41. The predicted molar refractivity (Wildman–Crippen MR) is 83.1 cm³/mol. The number of nitrogens with zero attached hydrogens (tertiary/aromatic N) is 1. The Hall–Kier alpha value is -1.58. The molecule has 0 amide bonds. The molecular weight excluding hydrogens is 276 g/mol. The topological polar surface area (TPSA) is 24.9 Å². The minimum Gasteiger partial charge on any atom is -0.365 e. The Morgan fingerprint density at radius 3 is 2.84 bits per heavy atom. The summed E-state index contributed by atoms with van der Waals surface area (Å²) in [6, 6.07) is 14.3. The predicted octanol–water partition coefficient (Wildman–Crippen LogP) is 4.87. The zero-order valence-electron chi connectivity index (χ0n) is 10.5. The van der Waals surface area contributed by atoms with Gasteiger partial charge in [-0.3, -0.25) is 0 Å². The van der Waals surface area contributed by atoms with E-state index in [1.807, 2.05) is 30.3 Å². The standard InChI is InChI=1S/C15H13ClN2S/c1-10-8-11-4-2-3-5-13(11)18-15(10)17-9-12-6-7-14(16)19-12/h2-8H,9H2,1H3,(H,17,18). The van der Waals surface area contributed by atoms with E-state index >= 15 is 0 Å². The molecule has 1 aromatic carbocycles. The second kappa shape index (κ2) is 5.19. The van der Waals surface area contributed by atoms with Crippen molar-refractivity contribution in [3.05, 3.63) is 57.2 Å². The number of hydrogen-bond donors (Lipinski definition) is 1. The zero-order chi connectivity index (χ0) is 13.2. The largest absolute Gasteiger partial charge is 0.365 e. The average Bonchev–Trinajstić information content (AvgIpc) is 2.82. The molecule has 0 aliphatic rings. The van der Waals surface area contributed by atoms with Crippen LogP contribution in [-0.2, 0) is 6.54 Å². The lowest BCUT2D eigenvalue weighted by atomic mass is 10.1. The molecule has 0 saturated heterocycles. The summed E-state index contributed by atoms with van der Waals surface area (Å²) in [5, 5.41) is 4.55. The van der Waals surface area contributed by atoms with Gasteiger partial charge in [-0.2, -0.15) is 0 Å². The zero-order valence-corrected chi connectivity index (χ0v) is 12.1. The van der Waals surface area contributed by atoms with Crippen molar-refractivity contribution in [1.29, 1.82) is 0 Å². The first-order valence-corrected chi connectivity index (χ1v) is 7.26. The lowest BCUT2D eigenvalue weighted by Crippen LogP contribution is -2.02. The first-order valence-electron chi connectivity index (χ1n) is 6.07. The minimum atomic E-state index is 0.754. The molecule has 0 aliphatic carbocycles. The lowest BCUT2D eigenvalue weighted by molar-refractivity contribution is 1.14. The molecular formula is C15H13ClN2S. The fraction of sp³-hybridized carbons (Fsp3) is 0.133. The maximum atomic E-state index is 5.93. The first-order chi connectivity index (χ1) is 9.22. The Kier molecular flexibility index (Phi) is 3.40. The number of fused-ring (bicyclic) bond motifs is 1. The Bertz CT molecular complexity index is 721. The fourth-order valence-corrected chi connectivity index (χ4v) is 3.05. The highest BCUT2D eigenvalue weighted by atomic mass is 35.5. The van der Waals surface area contributed by atoms with Crippen LogP contribution >= 0.6 is 22.9 Å². The number of rotatable bonds is 3. The van der Waals surface area contributed by atoms with Gasteiger partial charge in [-0.05, 0) is 36.8 Å². The summed E-state index contributed by atoms with van der Waals surface area (Å²) < 4.78 is 0.819. The van der Waals surface area contributed by atoms with Gasteiger partial charge in [0.25, 0.3) is 0 Å². The minimum absolute atomic E-state index is 0.754. The monoisotopic (exact) mass is 288 g/mol. The van der Waals surface area contributed by atoms with Gasteiger partial charge in [-0.15, -0.1) is 11.3 Å². The molecule has 4 heteroatoms. The lowest BCUT2D eigenvalue weighted by Gasteiger charge is -2.09. The number of halogens is 1. The van der Waals surface area contributed by atoms with Gasteiger partial charge < -0.3 is 5.32 Å². The average molecular weight is 289 g/mol. The number of anilines is 1. The molecule has 0 radical (unpaired) electrons. The van der Waals surface area contributed by atoms with Crippen molar-refractivity contribution in [2.24, 2.45) is 0 Å². The van der Waals surface area contributed by atoms with Crippen LogP contribution in [0.4, 0.5) is 5.82 Å². The van der Waals surface area contributed by atoms with E-state index in [0.717, 1.165) is 27.8 Å². The van der Waals surface area contributed by atoms with Crippen LogP contribution in [0, 0.1) is 6.92 Å². The molecule has 96 valence electrons. The van der Waals surface area contributed by atoms with Crippen molar-refractivity contribution < 1.29 is 0 Å². The number of nitrogens with one attached hydrogen (secondary N) is 1. The van der Waals surface area contributed by atoms with Crippen LogP contribution in [-0.4, -0.2) is 4.98 Å². The van der Waals surface area contributed by atoms with Crippen molar-refractivity contribution in [3.63, 3.8) is 0 Å². The number of thiophene rings is 1. The summed E-state index contributed by atoms with van der Waals surface area (Å²) in [6.07, 6.45) is 0. The Morgan fingerprint density at radius 2 is 2.05 bits per heavy atom. The van der Waals surface area contributed by atoms with E-state index in [0.29, 0.717) is 0 Å². The molecule has 2 heterocycles. The Labute approximate surface area is 121 Å². The molecule has 1 N–H and O–H groups in total. The van der Waals surface area contributed by atoms with Gasteiger partial charge in [0.1, 0.15) is 5.82 Å². The SMILES string of the molecule is Cc1cc2ccccc2nc1NCc1ccc(Cl)s1. The quantitative estimate of drug-likeness (QED) is 0.744. The molecule has 2 aromatic heterocycles. The van der Waals surface area contributed by atoms with Gasteiger partial charge in [0.2, 0.25) is 0 Å². The number of aryl methyl sites for hydroxylation is 1. The van der Waals surface area contributed by atoms with Crippen LogP contribution in [0.3, 0.4) is 0 Å². The summed E-state index contributed by atoms with van der Waals surface area (Å²) >= 11 is 7.52. The first kappa shape index (κ1) is 12.5. The number of pyridine rings is 1.